The Balaban J connectivity index is 1.62. The van der Waals surface area contributed by atoms with Crippen LogP contribution in [0.2, 0.25) is 5.02 Å². The molecule has 8 heteroatoms. The Morgan fingerprint density at radius 1 is 1.03 bits per heavy atom. The van der Waals surface area contributed by atoms with Gasteiger partial charge in [-0.2, -0.15) is 4.31 Å². The first kappa shape index (κ1) is 21.6. The lowest BCUT2D eigenvalue weighted by molar-refractivity contribution is -0.140. The summed E-state index contributed by atoms with van der Waals surface area (Å²) in [4.78, 5) is 14.8. The summed E-state index contributed by atoms with van der Waals surface area (Å²) < 4.78 is 32.9. The van der Waals surface area contributed by atoms with Crippen LogP contribution in [-0.2, 0) is 14.8 Å². The number of ether oxygens (including phenoxy) is 1. The number of carbonyl (C=O) groups is 1. The van der Waals surface area contributed by atoms with Gasteiger partial charge in [0, 0.05) is 31.2 Å². The monoisotopic (exact) mass is 436 g/mol. The van der Waals surface area contributed by atoms with Crippen LogP contribution >= 0.6 is 11.6 Å². The number of aryl methyl sites for hydroxylation is 1. The molecule has 2 aromatic rings. The zero-order valence-electron chi connectivity index (χ0n) is 16.5. The number of nitrogens with zero attached hydrogens (tertiary/aromatic N) is 2. The van der Waals surface area contributed by atoms with Gasteiger partial charge in [0.15, 0.2) is 6.10 Å². The molecule has 29 heavy (non-hydrogen) atoms. The third-order valence-corrected chi connectivity index (χ3v) is 7.11. The molecule has 1 saturated heterocycles. The molecule has 0 bridgehead atoms. The third-order valence-electron chi connectivity index (χ3n) is 4.95. The van der Waals surface area contributed by atoms with Crippen LogP contribution in [0.1, 0.15) is 18.9 Å². The van der Waals surface area contributed by atoms with E-state index in [0.717, 1.165) is 5.56 Å². The molecule has 0 spiro atoms. The predicted octanol–water partition coefficient (Wildman–Crippen LogP) is 3.34. The molecule has 0 aliphatic carbocycles. The highest BCUT2D eigenvalue weighted by Crippen LogP contribution is 2.21. The van der Waals surface area contributed by atoms with Gasteiger partial charge < -0.3 is 9.64 Å². The van der Waals surface area contributed by atoms with E-state index in [1.807, 2.05) is 13.8 Å². The number of sulfonamides is 1. The van der Waals surface area contributed by atoms with Gasteiger partial charge in [-0.15, -0.1) is 0 Å². The third kappa shape index (κ3) is 5.10. The van der Waals surface area contributed by atoms with Crippen molar-refractivity contribution in [3.05, 3.63) is 59.1 Å². The van der Waals surface area contributed by atoms with Gasteiger partial charge in [-0.05, 0) is 49.7 Å². The van der Waals surface area contributed by atoms with Crippen molar-refractivity contribution < 1.29 is 17.9 Å². The maximum atomic E-state index is 12.9. The number of amides is 1. The Hall–Kier alpha value is -2.09. The number of benzene rings is 2. The summed E-state index contributed by atoms with van der Waals surface area (Å²) in [7, 11) is -3.55. The predicted molar refractivity (Wildman–Crippen MR) is 113 cm³/mol. The first-order chi connectivity index (χ1) is 13.8. The molecule has 156 valence electrons. The van der Waals surface area contributed by atoms with Crippen molar-refractivity contribution in [2.75, 3.05) is 26.2 Å². The van der Waals surface area contributed by atoms with E-state index in [4.69, 9.17) is 16.3 Å². The largest absolute Gasteiger partial charge is 0.481 e. The fourth-order valence-electron chi connectivity index (χ4n) is 3.20. The van der Waals surface area contributed by atoms with Gasteiger partial charge in [0.25, 0.3) is 5.91 Å². The standard InChI is InChI=1S/C21H25ClN2O4S/c1-3-20(28-18-8-6-17(22)7-9-18)21(25)23-12-14-24(15-13-23)29(26,27)19-10-4-16(2)5-11-19/h4-11,20H,3,12-15H2,1-2H3/t20-/m0/s1. The lowest BCUT2D eigenvalue weighted by atomic mass is 10.2. The average Bonchev–Trinajstić information content (AvgIpc) is 2.73. The summed E-state index contributed by atoms with van der Waals surface area (Å²) in [5.41, 5.74) is 1.01. The van der Waals surface area contributed by atoms with Gasteiger partial charge >= 0.3 is 0 Å². The van der Waals surface area contributed by atoms with E-state index in [0.29, 0.717) is 30.3 Å². The van der Waals surface area contributed by atoms with Crippen LogP contribution in [0.5, 0.6) is 5.75 Å². The molecule has 1 aliphatic rings. The van der Waals surface area contributed by atoms with Crippen LogP contribution in [0.3, 0.4) is 0 Å². The zero-order valence-corrected chi connectivity index (χ0v) is 18.1. The van der Waals surface area contributed by atoms with Crippen LogP contribution in [0.25, 0.3) is 0 Å². The van der Waals surface area contributed by atoms with Gasteiger partial charge in [0.2, 0.25) is 10.0 Å². The molecule has 6 nitrogen and oxygen atoms in total. The lowest BCUT2D eigenvalue weighted by Gasteiger charge is -2.35. The summed E-state index contributed by atoms with van der Waals surface area (Å²) in [6, 6.07) is 13.7. The molecule has 3 rings (SSSR count). The van der Waals surface area contributed by atoms with Crippen molar-refractivity contribution >= 4 is 27.5 Å². The summed E-state index contributed by atoms with van der Waals surface area (Å²) in [5.74, 6) is 0.449. The molecule has 0 aromatic heterocycles. The van der Waals surface area contributed by atoms with E-state index in [1.165, 1.54) is 4.31 Å². The maximum Gasteiger partial charge on any atom is 0.263 e. The highest BCUT2D eigenvalue weighted by Gasteiger charge is 2.32. The van der Waals surface area contributed by atoms with E-state index < -0.39 is 16.1 Å². The van der Waals surface area contributed by atoms with Gasteiger partial charge in [-0.3, -0.25) is 4.79 Å². The minimum absolute atomic E-state index is 0.130. The van der Waals surface area contributed by atoms with E-state index in [1.54, 1.807) is 53.4 Å². The second-order valence-electron chi connectivity index (χ2n) is 7.01. The number of carbonyl (C=O) groups excluding carboxylic acids is 1. The second kappa shape index (κ2) is 9.15. The van der Waals surface area contributed by atoms with Gasteiger partial charge in [-0.1, -0.05) is 36.2 Å². The van der Waals surface area contributed by atoms with Crippen LogP contribution < -0.4 is 4.74 Å². The second-order valence-corrected chi connectivity index (χ2v) is 9.39. The summed E-state index contributed by atoms with van der Waals surface area (Å²) in [6.07, 6.45) is -0.0972. The van der Waals surface area contributed by atoms with Crippen LogP contribution in [-0.4, -0.2) is 55.8 Å². The summed E-state index contributed by atoms with van der Waals surface area (Å²) in [5, 5.41) is 0.600. The molecule has 1 amide bonds. The highest BCUT2D eigenvalue weighted by molar-refractivity contribution is 7.89. The molecule has 0 saturated carbocycles. The molecular formula is C21H25ClN2O4S. The minimum atomic E-state index is -3.55. The maximum absolute atomic E-state index is 12.9. The smallest absolute Gasteiger partial charge is 0.263 e. The molecule has 0 radical (unpaired) electrons. The van der Waals surface area contributed by atoms with Crippen molar-refractivity contribution in [2.45, 2.75) is 31.3 Å². The Morgan fingerprint density at radius 2 is 1.62 bits per heavy atom. The first-order valence-electron chi connectivity index (χ1n) is 9.59. The van der Waals surface area contributed by atoms with Crippen molar-refractivity contribution in [3.8, 4) is 5.75 Å². The van der Waals surface area contributed by atoms with Crippen molar-refractivity contribution in [3.63, 3.8) is 0 Å². The Bertz CT molecular complexity index is 938. The number of rotatable bonds is 6. The molecule has 1 atom stereocenters. The normalized spacial score (nSPS) is 16.4. The quantitative estimate of drug-likeness (QED) is 0.696. The fraction of sp³-hybridized carbons (Fsp3) is 0.381. The summed E-state index contributed by atoms with van der Waals surface area (Å²) >= 11 is 5.88. The molecule has 1 aliphatic heterocycles. The van der Waals surface area contributed by atoms with Crippen molar-refractivity contribution in [2.24, 2.45) is 0 Å². The molecule has 0 unspecified atom stereocenters. The van der Waals surface area contributed by atoms with E-state index in [2.05, 4.69) is 0 Å². The zero-order chi connectivity index (χ0) is 21.0. The van der Waals surface area contributed by atoms with E-state index in [-0.39, 0.29) is 23.9 Å². The molecule has 1 heterocycles. The Labute approximate surface area is 177 Å². The lowest BCUT2D eigenvalue weighted by Crippen LogP contribution is -2.53. The minimum Gasteiger partial charge on any atom is -0.481 e. The Morgan fingerprint density at radius 3 is 2.17 bits per heavy atom. The van der Waals surface area contributed by atoms with E-state index in [9.17, 15) is 13.2 Å². The van der Waals surface area contributed by atoms with Gasteiger partial charge in [0.1, 0.15) is 5.75 Å². The van der Waals surface area contributed by atoms with Crippen molar-refractivity contribution in [1.82, 2.24) is 9.21 Å². The van der Waals surface area contributed by atoms with Gasteiger partial charge in [-0.25, -0.2) is 8.42 Å². The topological polar surface area (TPSA) is 66.9 Å². The Kier molecular flexibility index (Phi) is 6.82. The number of piperazine rings is 1. The molecule has 0 N–H and O–H groups in total. The average molecular weight is 437 g/mol. The highest BCUT2D eigenvalue weighted by atomic mass is 35.5. The summed E-state index contributed by atoms with van der Waals surface area (Å²) in [6.45, 7) is 5.00. The molecular weight excluding hydrogens is 412 g/mol. The van der Waals surface area contributed by atoms with Crippen molar-refractivity contribution in [1.29, 1.82) is 0 Å². The van der Waals surface area contributed by atoms with Gasteiger partial charge in [0.05, 0.1) is 4.90 Å². The fourth-order valence-corrected chi connectivity index (χ4v) is 4.75. The first-order valence-corrected chi connectivity index (χ1v) is 11.4. The molecule has 2 aromatic carbocycles. The van der Waals surface area contributed by atoms with E-state index >= 15 is 0 Å². The van der Waals surface area contributed by atoms with Crippen LogP contribution in [0.15, 0.2) is 53.4 Å². The SMILES string of the molecule is CC[C@H](Oc1ccc(Cl)cc1)C(=O)N1CCN(S(=O)(=O)c2ccc(C)cc2)CC1. The number of hydrogen-bond donors (Lipinski definition) is 0. The number of halogens is 1. The van der Waals surface area contributed by atoms with Crippen LogP contribution in [0.4, 0.5) is 0 Å². The number of hydrogen-bond acceptors (Lipinski definition) is 4. The molecule has 1 fully saturated rings. The van der Waals surface area contributed by atoms with Crippen LogP contribution in [0, 0.1) is 6.92 Å².